The highest BCUT2D eigenvalue weighted by atomic mass is 32.2. The summed E-state index contributed by atoms with van der Waals surface area (Å²) in [7, 11) is -1.71. The fourth-order valence-electron chi connectivity index (χ4n) is 11.5. The second-order valence-corrected chi connectivity index (χ2v) is 38.5. The van der Waals surface area contributed by atoms with Gasteiger partial charge in [0.15, 0.2) is 0 Å². The van der Waals surface area contributed by atoms with Crippen molar-refractivity contribution in [3.63, 3.8) is 0 Å². The van der Waals surface area contributed by atoms with Crippen LogP contribution in [0.3, 0.4) is 0 Å². The maximum Gasteiger partial charge on any atom is 0.387 e. The molecule has 0 unspecified atom stereocenters. The molecule has 0 aliphatic heterocycles. The van der Waals surface area contributed by atoms with Gasteiger partial charge in [-0.05, 0) is 191 Å². The molecule has 16 heteroatoms. The van der Waals surface area contributed by atoms with Crippen molar-refractivity contribution < 1.29 is 65.7 Å². The molecule has 4 aromatic carbocycles. The third kappa shape index (κ3) is 31.3. The first-order valence-electron chi connectivity index (χ1n) is 39.6. The van der Waals surface area contributed by atoms with E-state index in [0.717, 1.165) is 98.1 Å². The third-order valence-corrected chi connectivity index (χ3v) is 21.9. The van der Waals surface area contributed by atoms with Gasteiger partial charge < -0.3 is 37.2 Å². The van der Waals surface area contributed by atoms with Crippen LogP contribution in [0, 0.1) is 37.0 Å². The van der Waals surface area contributed by atoms with Crippen LogP contribution < -0.4 is 9.26 Å². The fourth-order valence-corrected chi connectivity index (χ4v) is 13.6. The highest BCUT2D eigenvalue weighted by molar-refractivity contribution is 7.99. The molecule has 0 radical (unpaired) electrons. The Balaban J connectivity index is 0.000000437. The van der Waals surface area contributed by atoms with E-state index in [9.17, 15) is 29.1 Å². The third-order valence-electron chi connectivity index (χ3n) is 19.8. The lowest BCUT2D eigenvalue weighted by Gasteiger charge is -2.28. The minimum atomic E-state index is -1.71. The van der Waals surface area contributed by atoms with Crippen molar-refractivity contribution in [2.24, 2.45) is 16.2 Å². The average Bonchev–Trinajstić information content (AvgIpc) is 1.50. The molecular formula is C90H143O14PS. The lowest BCUT2D eigenvalue weighted by molar-refractivity contribution is -0.159. The molecule has 14 nitrogen and oxygen atoms in total. The lowest BCUT2D eigenvalue weighted by Crippen LogP contribution is -2.29. The van der Waals surface area contributed by atoms with Crippen LogP contribution in [0.4, 0.5) is 0 Å². The van der Waals surface area contributed by atoms with E-state index in [4.69, 9.17) is 36.6 Å². The number of carbonyl (C=O) groups excluding carboxylic acids is 5. The maximum atomic E-state index is 13.0. The number of aromatic hydroxyl groups is 1. The van der Waals surface area contributed by atoms with Gasteiger partial charge in [-0.2, -0.15) is 11.8 Å². The Bertz CT molecular complexity index is 3550. The number of benzene rings is 4. The molecule has 0 aliphatic rings. The summed E-state index contributed by atoms with van der Waals surface area (Å²) in [6.45, 7) is 58.8. The number of fused-ring (bicyclic) bond motifs is 3. The number of rotatable bonds is 35. The standard InChI is InChI=1S/C42H59O5P.C25H40O5.C23H44O4S/c1-16-42(14,15)38(43)45-35-28(4)24-29(25-34(35)41(11,12)13)18-17-19-44-48-46-36-30(20-26(2)22-32(36)39(5,6)7)31-21-27(3)23-33(37(31)47-48)40(8,9)10;1-10-25(8,9)22(28)30-14-13-29-20(26)12-11-17-15-18(23(2,3)4)21(27)19(16-17)24(5,6)7;1-5-7-8-9-10-11-12-13-14-15-19-28-20-16-21(24)26-17-18-27-22(25)23(3,4)6-2/h20-25H,16-19H2,1-15H3;15-16,27H,10-14H2,1-9H3;5-20H2,1-4H3. The van der Waals surface area contributed by atoms with E-state index in [2.05, 4.69) is 161 Å². The van der Waals surface area contributed by atoms with Crippen molar-refractivity contribution >= 4 is 71.8 Å². The van der Waals surface area contributed by atoms with E-state index < -0.39 is 24.5 Å². The van der Waals surface area contributed by atoms with Gasteiger partial charge >= 0.3 is 38.1 Å². The van der Waals surface area contributed by atoms with Gasteiger partial charge in [-0.3, -0.25) is 28.5 Å². The molecule has 106 heavy (non-hydrogen) atoms. The molecule has 1 N–H and O–H groups in total. The van der Waals surface area contributed by atoms with E-state index in [1.807, 2.05) is 93.1 Å². The zero-order chi connectivity index (χ0) is 80.4. The Morgan fingerprint density at radius 1 is 0.406 bits per heavy atom. The molecule has 0 spiro atoms. The van der Waals surface area contributed by atoms with Crippen LogP contribution in [0.2, 0.25) is 0 Å². The highest BCUT2D eigenvalue weighted by Gasteiger charge is 2.33. The number of hydrogen-bond acceptors (Lipinski definition) is 15. The van der Waals surface area contributed by atoms with E-state index in [0.29, 0.717) is 37.4 Å². The Hall–Kier alpha value is -5.76. The number of aryl methyl sites for hydroxylation is 5. The lowest BCUT2D eigenvalue weighted by atomic mass is 9.78. The number of hydrogen-bond donors (Lipinski definition) is 1. The molecular weight excluding hydrogens is 1370 g/mol. The molecule has 0 saturated carbocycles. The van der Waals surface area contributed by atoms with Gasteiger partial charge in [0.2, 0.25) is 0 Å². The first-order valence-corrected chi connectivity index (χ1v) is 41.9. The van der Waals surface area contributed by atoms with Crippen molar-refractivity contribution in [3.8, 4) is 11.5 Å². The molecule has 0 atom stereocenters. The molecule has 0 bridgehead atoms. The van der Waals surface area contributed by atoms with E-state index in [1.54, 1.807) is 0 Å². The Labute approximate surface area is 646 Å². The Morgan fingerprint density at radius 3 is 1.20 bits per heavy atom. The maximum absolute atomic E-state index is 13.0. The van der Waals surface area contributed by atoms with E-state index in [-0.39, 0.29) is 89.8 Å². The Kier molecular flexibility index (Phi) is 37.8. The predicted octanol–water partition coefficient (Wildman–Crippen LogP) is 24.5. The number of thioether (sulfide) groups is 1. The first kappa shape index (κ1) is 94.4. The molecule has 0 saturated heterocycles. The van der Waals surface area contributed by atoms with Gasteiger partial charge in [-0.15, -0.1) is 0 Å². The van der Waals surface area contributed by atoms with Crippen molar-refractivity contribution in [2.45, 2.75) is 337 Å². The molecule has 5 aromatic rings. The van der Waals surface area contributed by atoms with Gasteiger partial charge in [0.25, 0.3) is 0 Å². The first-order chi connectivity index (χ1) is 49.1. The average molecular weight is 1510 g/mol. The largest absolute Gasteiger partial charge is 0.507 e. The summed E-state index contributed by atoms with van der Waals surface area (Å²) in [5, 5.41) is 12.9. The molecule has 1 aromatic heterocycles. The molecule has 0 amide bonds. The highest BCUT2D eigenvalue weighted by Crippen LogP contribution is 2.45. The number of phenols is 1. The van der Waals surface area contributed by atoms with Crippen molar-refractivity contribution in [1.29, 1.82) is 0 Å². The number of ether oxygens (including phenoxy) is 5. The summed E-state index contributed by atoms with van der Waals surface area (Å²) in [6, 6.07) is 17.2. The summed E-state index contributed by atoms with van der Waals surface area (Å²) in [4.78, 5) is 60.5. The molecule has 0 fully saturated rings. The van der Waals surface area contributed by atoms with Gasteiger partial charge in [-0.25, -0.2) is 0 Å². The SMILES string of the molecule is CCC(C)(C)C(=O)OCCOC(=O)CCc1cc(C(C)(C)C)c(O)c(C(C)(C)C)c1.CCC(C)(C)C(=O)Oc1c(C)cc(CCCOp2oc3c(C(C)(C)C)cc(C)cc3c3cc(C)cc(C(C)(C)C)c3o2)cc1C(C)(C)C.CCCCCCCCCCCCSCCC(=O)OCCOC(=O)C(C)(C)CC. The predicted molar refractivity (Wildman–Crippen MR) is 442 cm³/mol. The summed E-state index contributed by atoms with van der Waals surface area (Å²) >= 11 is 1.82. The quantitative estimate of drug-likeness (QED) is 0.0175. The van der Waals surface area contributed by atoms with Crippen LogP contribution in [0.5, 0.6) is 11.5 Å². The minimum Gasteiger partial charge on any atom is -0.507 e. The molecule has 598 valence electrons. The van der Waals surface area contributed by atoms with Crippen LogP contribution in [0.25, 0.3) is 21.9 Å². The zero-order valence-electron chi connectivity index (χ0n) is 71.4. The molecule has 1 heterocycles. The second kappa shape index (κ2) is 42.4. The summed E-state index contributed by atoms with van der Waals surface area (Å²) in [5.74, 6) is 1.69. The van der Waals surface area contributed by atoms with Gasteiger partial charge in [-0.1, -0.05) is 226 Å². The number of esters is 5. The normalized spacial score (nSPS) is 12.5. The second-order valence-electron chi connectivity index (χ2n) is 36.2. The smallest absolute Gasteiger partial charge is 0.387 e. The van der Waals surface area contributed by atoms with E-state index >= 15 is 0 Å². The monoisotopic (exact) mass is 1510 g/mol. The van der Waals surface area contributed by atoms with Crippen LogP contribution in [0.15, 0.2) is 56.9 Å². The summed E-state index contributed by atoms with van der Waals surface area (Å²) < 4.78 is 46.8. The summed E-state index contributed by atoms with van der Waals surface area (Å²) in [6.07, 6.45) is 18.4. The van der Waals surface area contributed by atoms with Crippen molar-refractivity contribution in [1.82, 2.24) is 0 Å². The number of phenolic OH excluding ortho intramolecular Hbond substituents is 1. The van der Waals surface area contributed by atoms with Crippen LogP contribution in [-0.2, 0) is 82.8 Å². The minimum absolute atomic E-state index is 0.0560. The van der Waals surface area contributed by atoms with Gasteiger partial charge in [0.1, 0.15) is 49.1 Å². The Morgan fingerprint density at radius 2 is 0.783 bits per heavy atom. The number of carbonyl (C=O) groups is 5. The van der Waals surface area contributed by atoms with Crippen molar-refractivity contribution in [2.75, 3.05) is 44.5 Å². The van der Waals surface area contributed by atoms with Gasteiger partial charge in [0, 0.05) is 39.6 Å². The van der Waals surface area contributed by atoms with Crippen LogP contribution in [-0.4, -0.2) is 79.5 Å². The summed E-state index contributed by atoms with van der Waals surface area (Å²) in [5.41, 5.74) is 9.93. The molecule has 0 aliphatic carbocycles. The fraction of sp³-hybridized carbons (Fsp3) is 0.678. The zero-order valence-corrected chi connectivity index (χ0v) is 73.1. The van der Waals surface area contributed by atoms with Crippen LogP contribution in [0.1, 0.15) is 331 Å². The van der Waals surface area contributed by atoms with Crippen LogP contribution >= 0.6 is 20.0 Å². The topological polar surface area (TPSA) is 187 Å². The van der Waals surface area contributed by atoms with E-state index in [1.165, 1.54) is 80.9 Å². The number of unbranched alkanes of at least 4 members (excludes halogenated alkanes) is 9. The van der Waals surface area contributed by atoms with Crippen molar-refractivity contribution in [3.05, 3.63) is 104 Å². The van der Waals surface area contributed by atoms with Gasteiger partial charge in [0.05, 0.1) is 29.3 Å². The molecule has 5 rings (SSSR count).